The highest BCUT2D eigenvalue weighted by Gasteiger charge is 2.39. The van der Waals surface area contributed by atoms with Gasteiger partial charge in [-0.05, 0) is 19.1 Å². The molecule has 5 rings (SSSR count). The van der Waals surface area contributed by atoms with Gasteiger partial charge in [-0.2, -0.15) is 8.78 Å². The van der Waals surface area contributed by atoms with Crippen molar-refractivity contribution in [3.8, 4) is 17.0 Å². The predicted molar refractivity (Wildman–Crippen MR) is 112 cm³/mol. The maximum atomic E-state index is 14.5. The van der Waals surface area contributed by atoms with Crippen molar-refractivity contribution in [3.63, 3.8) is 0 Å². The third-order valence-corrected chi connectivity index (χ3v) is 6.30. The Morgan fingerprint density at radius 2 is 2.03 bits per heavy atom. The Labute approximate surface area is 183 Å². The second kappa shape index (κ2) is 8.04. The first-order valence-corrected chi connectivity index (χ1v) is 10.6. The molecular weight excluding hydrogens is 425 g/mol. The molecule has 0 spiro atoms. The van der Waals surface area contributed by atoms with Gasteiger partial charge in [0.2, 0.25) is 5.95 Å². The quantitative estimate of drug-likeness (QED) is 0.718. The summed E-state index contributed by atoms with van der Waals surface area (Å²) in [4.78, 5) is 17.5. The fourth-order valence-corrected chi connectivity index (χ4v) is 4.26. The first-order chi connectivity index (χ1) is 15.3. The molecule has 3 saturated heterocycles. The van der Waals surface area contributed by atoms with Crippen molar-refractivity contribution in [2.24, 2.45) is 0 Å². The van der Waals surface area contributed by atoms with Crippen molar-refractivity contribution in [3.05, 3.63) is 24.0 Å². The van der Waals surface area contributed by atoms with Crippen LogP contribution in [0.4, 0.5) is 24.9 Å². The Morgan fingerprint density at radius 3 is 2.66 bits per heavy atom. The van der Waals surface area contributed by atoms with Crippen molar-refractivity contribution >= 4 is 11.8 Å². The van der Waals surface area contributed by atoms with Crippen molar-refractivity contribution in [2.45, 2.75) is 37.6 Å². The zero-order valence-electron chi connectivity index (χ0n) is 17.7. The molecule has 8 nitrogen and oxygen atoms in total. The summed E-state index contributed by atoms with van der Waals surface area (Å²) in [7, 11) is 0. The molecular formula is C21H25F3N6O2. The summed E-state index contributed by atoms with van der Waals surface area (Å²) in [6.45, 7) is 2.46. The van der Waals surface area contributed by atoms with Crippen molar-refractivity contribution < 1.29 is 22.6 Å². The fourth-order valence-electron chi connectivity index (χ4n) is 4.26. The molecule has 0 aliphatic carbocycles. The van der Waals surface area contributed by atoms with Crippen LogP contribution in [-0.2, 0) is 4.74 Å². The van der Waals surface area contributed by atoms with Crippen LogP contribution in [-0.4, -0.2) is 77.6 Å². The van der Waals surface area contributed by atoms with Crippen LogP contribution in [0.15, 0.2) is 18.3 Å². The second-order valence-electron chi connectivity index (χ2n) is 8.89. The van der Waals surface area contributed by atoms with E-state index in [1.54, 1.807) is 6.92 Å². The van der Waals surface area contributed by atoms with E-state index < -0.39 is 12.3 Å². The highest BCUT2D eigenvalue weighted by Crippen LogP contribution is 2.35. The van der Waals surface area contributed by atoms with Gasteiger partial charge >= 0.3 is 6.61 Å². The molecule has 2 aromatic rings. The summed E-state index contributed by atoms with van der Waals surface area (Å²) >= 11 is 0. The summed E-state index contributed by atoms with van der Waals surface area (Å²) in [6, 6.07) is 3.69. The average molecular weight is 450 g/mol. The molecule has 11 heteroatoms. The number of nitrogen functional groups attached to an aromatic ring is 1. The lowest BCUT2D eigenvalue weighted by molar-refractivity contribution is -0.0909. The van der Waals surface area contributed by atoms with Gasteiger partial charge in [0, 0.05) is 43.7 Å². The first kappa shape index (κ1) is 21.2. The lowest BCUT2D eigenvalue weighted by Crippen LogP contribution is -2.58. The maximum absolute atomic E-state index is 14.5. The van der Waals surface area contributed by atoms with E-state index in [1.165, 1.54) is 12.3 Å². The molecule has 2 aromatic heterocycles. The molecule has 0 amide bonds. The number of anilines is 2. The highest BCUT2D eigenvalue weighted by molar-refractivity contribution is 5.65. The number of ether oxygens (including phenoxy) is 2. The van der Waals surface area contributed by atoms with Gasteiger partial charge in [0.05, 0.1) is 37.2 Å². The summed E-state index contributed by atoms with van der Waals surface area (Å²) < 4.78 is 49.7. The zero-order valence-corrected chi connectivity index (χ0v) is 17.7. The fraction of sp³-hybridized carbons (Fsp3) is 0.571. The Hall–Kier alpha value is -2.66. The van der Waals surface area contributed by atoms with Crippen LogP contribution in [0.1, 0.15) is 25.0 Å². The second-order valence-corrected chi connectivity index (χ2v) is 8.89. The van der Waals surface area contributed by atoms with Gasteiger partial charge in [-0.25, -0.2) is 19.3 Å². The molecule has 1 atom stereocenters. The van der Waals surface area contributed by atoms with Crippen LogP contribution in [0, 0.1) is 0 Å². The van der Waals surface area contributed by atoms with Crippen LogP contribution in [0.2, 0.25) is 0 Å². The Kier molecular flexibility index (Phi) is 5.32. The van der Waals surface area contributed by atoms with E-state index >= 15 is 0 Å². The number of hydrogen-bond acceptors (Lipinski definition) is 8. The molecule has 172 valence electrons. The predicted octanol–water partition coefficient (Wildman–Crippen LogP) is 2.46. The third kappa shape index (κ3) is 4.18. The number of halogens is 3. The van der Waals surface area contributed by atoms with Gasteiger partial charge in [0.25, 0.3) is 0 Å². The number of nitrogens with two attached hydrogens (primary N) is 1. The van der Waals surface area contributed by atoms with Gasteiger partial charge in [-0.3, -0.25) is 4.90 Å². The molecule has 0 bridgehead atoms. The Balaban J connectivity index is 1.47. The largest absolute Gasteiger partial charge is 0.431 e. The summed E-state index contributed by atoms with van der Waals surface area (Å²) in [6.07, 6.45) is 1.86. The first-order valence-electron chi connectivity index (χ1n) is 10.6. The summed E-state index contributed by atoms with van der Waals surface area (Å²) in [5.41, 5.74) is 6.19. The van der Waals surface area contributed by atoms with Gasteiger partial charge in [-0.15, -0.1) is 0 Å². The van der Waals surface area contributed by atoms with Crippen molar-refractivity contribution in [1.29, 1.82) is 0 Å². The molecule has 3 aliphatic rings. The molecule has 3 aliphatic heterocycles. The molecule has 0 aromatic carbocycles. The van der Waals surface area contributed by atoms with E-state index in [-0.39, 0.29) is 24.0 Å². The Morgan fingerprint density at radius 1 is 1.25 bits per heavy atom. The van der Waals surface area contributed by atoms with Crippen LogP contribution < -0.4 is 15.4 Å². The standard InChI is InChI=1S/C21H25F3N6O2/c1-21(24)2-3-29(11-21)20-27-15(12-4-17(32-19(22)23)18(25)26-6-12)5-16(28-20)13-7-30(8-13)14-9-31-10-14/h4-6,13-14,19H,2-3,7-11H2,1H3,(H2,25,26). The van der Waals surface area contributed by atoms with Gasteiger partial charge in [0.1, 0.15) is 5.67 Å². The Bertz CT molecular complexity index is 997. The number of pyridine rings is 1. The SMILES string of the molecule is CC1(F)CCN(c2nc(-c3cnc(N)c(OC(F)F)c3)cc(C3CN(C4COC4)C3)n2)C1. The van der Waals surface area contributed by atoms with Gasteiger partial charge in [0.15, 0.2) is 11.6 Å². The van der Waals surface area contributed by atoms with Gasteiger partial charge < -0.3 is 20.1 Å². The van der Waals surface area contributed by atoms with E-state index in [2.05, 4.69) is 19.6 Å². The highest BCUT2D eigenvalue weighted by atomic mass is 19.3. The zero-order chi connectivity index (χ0) is 22.5. The third-order valence-electron chi connectivity index (χ3n) is 6.30. The number of rotatable bonds is 6. The molecule has 3 fully saturated rings. The minimum absolute atomic E-state index is 0.131. The summed E-state index contributed by atoms with van der Waals surface area (Å²) in [5, 5.41) is 0. The van der Waals surface area contributed by atoms with E-state index in [0.717, 1.165) is 32.0 Å². The number of nitrogens with zero attached hydrogens (tertiary/aromatic N) is 5. The van der Waals surface area contributed by atoms with Crippen molar-refractivity contribution in [2.75, 3.05) is 50.0 Å². The van der Waals surface area contributed by atoms with Crippen LogP contribution >= 0.6 is 0 Å². The monoisotopic (exact) mass is 450 g/mol. The molecule has 1 unspecified atom stereocenters. The van der Waals surface area contributed by atoms with E-state index in [4.69, 9.17) is 15.5 Å². The van der Waals surface area contributed by atoms with Crippen LogP contribution in [0.5, 0.6) is 5.75 Å². The maximum Gasteiger partial charge on any atom is 0.387 e. The number of alkyl halides is 3. The summed E-state index contributed by atoms with van der Waals surface area (Å²) in [5.74, 6) is 0.289. The van der Waals surface area contributed by atoms with Crippen LogP contribution in [0.25, 0.3) is 11.3 Å². The molecule has 2 N–H and O–H groups in total. The lowest BCUT2D eigenvalue weighted by atomic mass is 9.92. The molecule has 0 saturated carbocycles. The van der Waals surface area contributed by atoms with Crippen LogP contribution in [0.3, 0.4) is 0 Å². The van der Waals surface area contributed by atoms with E-state index in [9.17, 15) is 13.2 Å². The number of hydrogen-bond donors (Lipinski definition) is 1. The molecule has 32 heavy (non-hydrogen) atoms. The minimum atomic E-state index is -3.02. The molecule has 5 heterocycles. The molecule has 0 radical (unpaired) electrons. The topological polar surface area (TPSA) is 89.6 Å². The lowest BCUT2D eigenvalue weighted by Gasteiger charge is -2.47. The van der Waals surface area contributed by atoms with Crippen molar-refractivity contribution in [1.82, 2.24) is 19.9 Å². The minimum Gasteiger partial charge on any atom is -0.431 e. The smallest absolute Gasteiger partial charge is 0.387 e. The van der Waals surface area contributed by atoms with Gasteiger partial charge in [-0.1, -0.05) is 0 Å². The average Bonchev–Trinajstić information content (AvgIpc) is 3.03. The van der Waals surface area contributed by atoms with E-state index in [1.807, 2.05) is 11.0 Å². The van der Waals surface area contributed by atoms with E-state index in [0.29, 0.717) is 36.2 Å². The number of likely N-dealkylation sites (tertiary alicyclic amines) is 1. The number of aromatic nitrogens is 3. The normalized spacial score (nSPS) is 24.6.